The number of piperidine rings is 1. The second kappa shape index (κ2) is 9.77. The minimum Gasteiger partial charge on any atom is -0.492 e. The molecule has 2 aromatic rings. The first-order valence-corrected chi connectivity index (χ1v) is 9.96. The summed E-state index contributed by atoms with van der Waals surface area (Å²) in [6.45, 7) is 6.47. The topological polar surface area (TPSA) is 41.6 Å². The predicted octanol–water partition coefficient (Wildman–Crippen LogP) is 4.38. The first kappa shape index (κ1) is 19.7. The molecular formula is C22H27ClN2O2. The normalized spacial score (nSPS) is 17.5. The summed E-state index contributed by atoms with van der Waals surface area (Å²) in [5, 5.41) is 3.56. The monoisotopic (exact) mass is 386 g/mol. The summed E-state index contributed by atoms with van der Waals surface area (Å²) in [6.07, 6.45) is 2.61. The van der Waals surface area contributed by atoms with Crippen LogP contribution in [0, 0.1) is 5.92 Å². The molecule has 1 fully saturated rings. The maximum atomic E-state index is 12.3. The molecule has 0 bridgehead atoms. The smallest absolute Gasteiger partial charge is 0.251 e. The lowest BCUT2D eigenvalue weighted by Gasteiger charge is -2.30. The van der Waals surface area contributed by atoms with Gasteiger partial charge in [-0.3, -0.25) is 9.69 Å². The summed E-state index contributed by atoms with van der Waals surface area (Å²) in [6, 6.07) is 15.1. The van der Waals surface area contributed by atoms with Crippen molar-refractivity contribution in [1.29, 1.82) is 0 Å². The van der Waals surface area contributed by atoms with Crippen molar-refractivity contribution in [3.8, 4) is 5.75 Å². The van der Waals surface area contributed by atoms with E-state index in [1.807, 2.05) is 24.3 Å². The summed E-state index contributed by atoms with van der Waals surface area (Å²) in [4.78, 5) is 14.7. The van der Waals surface area contributed by atoms with E-state index in [0.717, 1.165) is 24.8 Å². The van der Waals surface area contributed by atoms with E-state index < -0.39 is 0 Å². The number of ether oxygens (including phenoxy) is 1. The maximum Gasteiger partial charge on any atom is 0.251 e. The Bertz CT molecular complexity index is 731. The van der Waals surface area contributed by atoms with Crippen molar-refractivity contribution < 1.29 is 9.53 Å². The number of nitrogens with one attached hydrogen (secondary N) is 1. The highest BCUT2D eigenvalue weighted by Crippen LogP contribution is 2.18. The van der Waals surface area contributed by atoms with Gasteiger partial charge in [0.05, 0.1) is 6.54 Å². The highest BCUT2D eigenvalue weighted by molar-refractivity contribution is 6.30. The Morgan fingerprint density at radius 3 is 2.63 bits per heavy atom. The van der Waals surface area contributed by atoms with Gasteiger partial charge >= 0.3 is 0 Å². The van der Waals surface area contributed by atoms with Crippen molar-refractivity contribution in [3.63, 3.8) is 0 Å². The second-order valence-electron chi connectivity index (χ2n) is 7.24. The zero-order valence-electron chi connectivity index (χ0n) is 15.8. The molecule has 0 aromatic heterocycles. The number of benzene rings is 2. The zero-order chi connectivity index (χ0) is 19.1. The fraction of sp³-hybridized carbons (Fsp3) is 0.409. The average Bonchev–Trinajstić information content (AvgIpc) is 2.67. The largest absolute Gasteiger partial charge is 0.492 e. The number of rotatable bonds is 7. The molecule has 1 aliphatic heterocycles. The molecule has 2 aromatic carbocycles. The lowest BCUT2D eigenvalue weighted by molar-refractivity contribution is 0.0947. The van der Waals surface area contributed by atoms with Gasteiger partial charge in [0.1, 0.15) is 12.4 Å². The third-order valence-electron chi connectivity index (χ3n) is 4.83. The van der Waals surface area contributed by atoms with E-state index in [1.54, 1.807) is 12.1 Å². The van der Waals surface area contributed by atoms with Crippen LogP contribution in [0.4, 0.5) is 0 Å². The van der Waals surface area contributed by atoms with Crippen LogP contribution in [-0.4, -0.2) is 37.0 Å². The van der Waals surface area contributed by atoms with Crippen molar-refractivity contribution in [2.45, 2.75) is 26.3 Å². The van der Waals surface area contributed by atoms with E-state index in [2.05, 4.69) is 29.3 Å². The molecule has 1 saturated heterocycles. The van der Waals surface area contributed by atoms with Crippen LogP contribution in [-0.2, 0) is 6.54 Å². The van der Waals surface area contributed by atoms with Crippen molar-refractivity contribution in [1.82, 2.24) is 10.2 Å². The van der Waals surface area contributed by atoms with Crippen LogP contribution < -0.4 is 10.1 Å². The average molecular weight is 387 g/mol. The molecule has 0 spiro atoms. The fourth-order valence-electron chi connectivity index (χ4n) is 3.42. The number of amides is 1. The van der Waals surface area contributed by atoms with E-state index in [9.17, 15) is 4.79 Å². The molecule has 0 aliphatic carbocycles. The number of likely N-dealkylation sites (tertiary alicyclic amines) is 1. The van der Waals surface area contributed by atoms with E-state index in [-0.39, 0.29) is 5.91 Å². The number of hydrogen-bond acceptors (Lipinski definition) is 3. The minimum absolute atomic E-state index is 0.0761. The van der Waals surface area contributed by atoms with Crippen LogP contribution in [0.15, 0.2) is 48.5 Å². The summed E-state index contributed by atoms with van der Waals surface area (Å²) in [7, 11) is 0. The Morgan fingerprint density at radius 1 is 1.19 bits per heavy atom. The third-order valence-corrected chi connectivity index (χ3v) is 5.09. The van der Waals surface area contributed by atoms with Gasteiger partial charge in [-0.1, -0.05) is 30.7 Å². The number of halogens is 1. The number of hydrogen-bond donors (Lipinski definition) is 1. The maximum absolute atomic E-state index is 12.3. The molecule has 0 unspecified atom stereocenters. The van der Waals surface area contributed by atoms with Gasteiger partial charge in [-0.2, -0.15) is 0 Å². The molecule has 0 saturated carbocycles. The van der Waals surface area contributed by atoms with Crippen LogP contribution in [0.2, 0.25) is 5.02 Å². The SMILES string of the molecule is C[C@@H]1CCCN(Cc2ccc(C(=O)NCCOc3ccc(Cl)cc3)cc2)C1. The Balaban J connectivity index is 1.41. The molecule has 4 nitrogen and oxygen atoms in total. The van der Waals surface area contributed by atoms with E-state index in [4.69, 9.17) is 16.3 Å². The number of carbonyl (C=O) groups excluding carboxylic acids is 1. The van der Waals surface area contributed by atoms with Crippen LogP contribution in [0.5, 0.6) is 5.75 Å². The first-order chi connectivity index (χ1) is 13.1. The highest BCUT2D eigenvalue weighted by atomic mass is 35.5. The molecule has 1 N–H and O–H groups in total. The Labute approximate surface area is 166 Å². The van der Waals surface area contributed by atoms with E-state index >= 15 is 0 Å². The summed E-state index contributed by atoms with van der Waals surface area (Å²) >= 11 is 5.84. The van der Waals surface area contributed by atoms with Crippen molar-refractivity contribution in [3.05, 3.63) is 64.7 Å². The third kappa shape index (κ3) is 6.26. The molecule has 1 heterocycles. The number of carbonyl (C=O) groups is 1. The molecule has 0 radical (unpaired) electrons. The Morgan fingerprint density at radius 2 is 1.93 bits per heavy atom. The highest BCUT2D eigenvalue weighted by Gasteiger charge is 2.16. The molecule has 27 heavy (non-hydrogen) atoms. The van der Waals surface area contributed by atoms with Crippen molar-refractivity contribution in [2.75, 3.05) is 26.2 Å². The standard InChI is InChI=1S/C22H27ClN2O2/c1-17-3-2-13-25(15-17)16-18-4-6-19(7-5-18)22(26)24-12-14-27-21-10-8-20(23)9-11-21/h4-11,17H,2-3,12-16H2,1H3,(H,24,26)/t17-/m1/s1. The van der Waals surface area contributed by atoms with E-state index in [0.29, 0.717) is 23.7 Å². The lowest BCUT2D eigenvalue weighted by Crippen LogP contribution is -2.33. The zero-order valence-corrected chi connectivity index (χ0v) is 16.5. The molecule has 5 heteroatoms. The second-order valence-corrected chi connectivity index (χ2v) is 7.67. The molecular weight excluding hydrogens is 360 g/mol. The molecule has 1 aliphatic rings. The van der Waals surface area contributed by atoms with Crippen LogP contribution in [0.3, 0.4) is 0 Å². The molecule has 1 amide bonds. The van der Waals surface area contributed by atoms with Crippen molar-refractivity contribution in [2.24, 2.45) is 5.92 Å². The van der Waals surface area contributed by atoms with Gasteiger partial charge in [-0.25, -0.2) is 0 Å². The molecule has 3 rings (SSSR count). The van der Waals surface area contributed by atoms with Crippen LogP contribution in [0.1, 0.15) is 35.7 Å². The minimum atomic E-state index is -0.0761. The molecule has 1 atom stereocenters. The van der Waals surface area contributed by atoms with Crippen molar-refractivity contribution >= 4 is 17.5 Å². The van der Waals surface area contributed by atoms with Gasteiger partial charge in [0, 0.05) is 23.7 Å². The van der Waals surface area contributed by atoms with Gasteiger partial charge in [0.2, 0.25) is 0 Å². The summed E-state index contributed by atoms with van der Waals surface area (Å²) < 4.78 is 5.58. The summed E-state index contributed by atoms with van der Waals surface area (Å²) in [5.41, 5.74) is 1.93. The van der Waals surface area contributed by atoms with Gasteiger partial charge in [0.15, 0.2) is 0 Å². The van der Waals surface area contributed by atoms with Gasteiger partial charge in [0.25, 0.3) is 5.91 Å². The van der Waals surface area contributed by atoms with Gasteiger partial charge in [-0.05, 0) is 67.3 Å². The van der Waals surface area contributed by atoms with Gasteiger partial charge < -0.3 is 10.1 Å². The molecule has 144 valence electrons. The number of nitrogens with zero attached hydrogens (tertiary/aromatic N) is 1. The van der Waals surface area contributed by atoms with Crippen LogP contribution >= 0.6 is 11.6 Å². The Kier molecular flexibility index (Phi) is 7.13. The van der Waals surface area contributed by atoms with Gasteiger partial charge in [-0.15, -0.1) is 0 Å². The first-order valence-electron chi connectivity index (χ1n) is 9.58. The predicted molar refractivity (Wildman–Crippen MR) is 109 cm³/mol. The Hall–Kier alpha value is -2.04. The fourth-order valence-corrected chi connectivity index (χ4v) is 3.54. The summed E-state index contributed by atoms with van der Waals surface area (Å²) in [5.74, 6) is 1.44. The lowest BCUT2D eigenvalue weighted by atomic mass is 9.99. The quantitative estimate of drug-likeness (QED) is 0.718. The van der Waals surface area contributed by atoms with E-state index in [1.165, 1.54) is 24.9 Å². The van der Waals surface area contributed by atoms with Crippen LogP contribution in [0.25, 0.3) is 0 Å².